The van der Waals surface area contributed by atoms with Crippen LogP contribution in [0.15, 0.2) is 5.38 Å². The number of carbonyl (C=O) groups excluding carboxylic acids is 1. The molecule has 0 N–H and O–H groups in total. The fourth-order valence-corrected chi connectivity index (χ4v) is 4.27. The first kappa shape index (κ1) is 15.7. The monoisotopic (exact) mass is 323 g/mol. The highest BCUT2D eigenvalue weighted by Crippen LogP contribution is 2.35. The number of amides is 1. The van der Waals surface area contributed by atoms with Crippen LogP contribution >= 0.6 is 11.3 Å². The Hall–Kier alpha value is -1.14. The maximum atomic E-state index is 11.7. The molecule has 0 unspecified atom stereocenters. The van der Waals surface area contributed by atoms with E-state index in [1.807, 2.05) is 18.3 Å². The van der Waals surface area contributed by atoms with Gasteiger partial charge < -0.3 is 9.64 Å². The molecule has 1 aliphatic heterocycles. The molecule has 2 fully saturated rings. The first-order valence-corrected chi connectivity index (χ1v) is 9.22. The van der Waals surface area contributed by atoms with Crippen LogP contribution in [0.3, 0.4) is 0 Å². The zero-order chi connectivity index (χ0) is 15.4. The molecule has 0 bridgehead atoms. The van der Waals surface area contributed by atoms with E-state index in [9.17, 15) is 4.79 Å². The van der Waals surface area contributed by atoms with E-state index in [1.54, 1.807) is 4.90 Å². The maximum absolute atomic E-state index is 11.7. The number of piperazine rings is 1. The summed E-state index contributed by atoms with van der Waals surface area (Å²) in [6.45, 7) is 6.49. The molecule has 1 amide bonds. The first-order chi connectivity index (χ1) is 10.8. The highest BCUT2D eigenvalue weighted by molar-refractivity contribution is 7.09. The lowest BCUT2D eigenvalue weighted by Gasteiger charge is -2.33. The average Bonchev–Trinajstić information content (AvgIpc) is 3.19. The van der Waals surface area contributed by atoms with Crippen molar-refractivity contribution in [2.75, 3.05) is 32.8 Å². The standard InChI is InChI=1S/C16H25N3O2S/c1-2-21-16(20)19-9-7-18(8-10-19)11-14-12-22-15(17-14)13-5-3-4-6-13/h12-13H,2-11H2,1H3. The highest BCUT2D eigenvalue weighted by atomic mass is 32.1. The largest absolute Gasteiger partial charge is 0.450 e. The van der Waals surface area contributed by atoms with E-state index in [0.29, 0.717) is 12.5 Å². The summed E-state index contributed by atoms with van der Waals surface area (Å²) >= 11 is 1.83. The third-order valence-corrected chi connectivity index (χ3v) is 5.61. The van der Waals surface area contributed by atoms with Crippen molar-refractivity contribution in [1.82, 2.24) is 14.8 Å². The summed E-state index contributed by atoms with van der Waals surface area (Å²) in [5.74, 6) is 0.708. The number of thiazole rings is 1. The molecular formula is C16H25N3O2S. The van der Waals surface area contributed by atoms with Gasteiger partial charge >= 0.3 is 6.09 Å². The predicted octanol–water partition coefficient (Wildman–Crippen LogP) is 3.07. The molecule has 1 saturated heterocycles. The van der Waals surface area contributed by atoms with Crippen molar-refractivity contribution in [2.24, 2.45) is 0 Å². The van der Waals surface area contributed by atoms with E-state index in [1.165, 1.54) is 36.4 Å². The number of hydrogen-bond acceptors (Lipinski definition) is 5. The molecule has 1 aromatic heterocycles. The van der Waals surface area contributed by atoms with E-state index in [2.05, 4.69) is 10.3 Å². The number of ether oxygens (including phenoxy) is 1. The van der Waals surface area contributed by atoms with Gasteiger partial charge in [-0.05, 0) is 19.8 Å². The van der Waals surface area contributed by atoms with Gasteiger partial charge in [0.05, 0.1) is 17.3 Å². The zero-order valence-corrected chi connectivity index (χ0v) is 14.1. The summed E-state index contributed by atoms with van der Waals surface area (Å²) < 4.78 is 5.05. The van der Waals surface area contributed by atoms with Gasteiger partial charge in [-0.15, -0.1) is 11.3 Å². The van der Waals surface area contributed by atoms with Crippen molar-refractivity contribution in [2.45, 2.75) is 45.1 Å². The Morgan fingerprint density at radius 1 is 1.32 bits per heavy atom. The third kappa shape index (κ3) is 3.79. The van der Waals surface area contributed by atoms with Crippen molar-refractivity contribution >= 4 is 17.4 Å². The Morgan fingerprint density at radius 2 is 2.05 bits per heavy atom. The molecule has 122 valence electrons. The summed E-state index contributed by atoms with van der Waals surface area (Å²) in [4.78, 5) is 20.7. The predicted molar refractivity (Wildman–Crippen MR) is 87.2 cm³/mol. The van der Waals surface area contributed by atoms with Gasteiger partial charge in [-0.1, -0.05) is 12.8 Å². The van der Waals surface area contributed by atoms with Crippen LogP contribution in [0.25, 0.3) is 0 Å². The van der Waals surface area contributed by atoms with E-state index in [-0.39, 0.29) is 6.09 Å². The topological polar surface area (TPSA) is 45.7 Å². The molecule has 3 rings (SSSR count). The molecule has 2 aliphatic rings. The van der Waals surface area contributed by atoms with Crippen molar-refractivity contribution in [1.29, 1.82) is 0 Å². The van der Waals surface area contributed by atoms with Crippen molar-refractivity contribution < 1.29 is 9.53 Å². The normalized spacial score (nSPS) is 20.5. The minimum Gasteiger partial charge on any atom is -0.450 e. The van der Waals surface area contributed by atoms with Crippen LogP contribution in [-0.2, 0) is 11.3 Å². The number of aromatic nitrogens is 1. The molecule has 1 aromatic rings. The summed E-state index contributed by atoms with van der Waals surface area (Å²) in [5.41, 5.74) is 1.19. The van der Waals surface area contributed by atoms with Gasteiger partial charge in [0.25, 0.3) is 0 Å². The number of carbonyl (C=O) groups is 1. The summed E-state index contributed by atoms with van der Waals surface area (Å²) in [5, 5.41) is 3.54. The second-order valence-electron chi connectivity index (χ2n) is 6.12. The lowest BCUT2D eigenvalue weighted by atomic mass is 10.1. The molecule has 1 saturated carbocycles. The number of nitrogens with zero attached hydrogens (tertiary/aromatic N) is 3. The molecule has 6 heteroatoms. The molecule has 22 heavy (non-hydrogen) atoms. The molecule has 5 nitrogen and oxygen atoms in total. The van der Waals surface area contributed by atoms with Crippen LogP contribution in [-0.4, -0.2) is 53.7 Å². The minimum atomic E-state index is -0.181. The van der Waals surface area contributed by atoms with Crippen LogP contribution in [0.2, 0.25) is 0 Å². The molecule has 0 radical (unpaired) electrons. The van der Waals surface area contributed by atoms with E-state index < -0.39 is 0 Å². The van der Waals surface area contributed by atoms with Gasteiger partial charge in [0, 0.05) is 44.0 Å². The van der Waals surface area contributed by atoms with E-state index in [4.69, 9.17) is 9.72 Å². The van der Waals surface area contributed by atoms with Gasteiger partial charge in [0.1, 0.15) is 0 Å². The summed E-state index contributed by atoms with van der Waals surface area (Å²) in [7, 11) is 0. The fourth-order valence-electron chi connectivity index (χ4n) is 3.29. The van der Waals surface area contributed by atoms with Crippen LogP contribution < -0.4 is 0 Å². The van der Waals surface area contributed by atoms with Gasteiger partial charge in [-0.2, -0.15) is 0 Å². The molecular weight excluding hydrogens is 298 g/mol. The lowest BCUT2D eigenvalue weighted by Crippen LogP contribution is -2.48. The van der Waals surface area contributed by atoms with E-state index in [0.717, 1.165) is 32.7 Å². The van der Waals surface area contributed by atoms with Crippen LogP contribution in [0, 0.1) is 0 Å². The van der Waals surface area contributed by atoms with Crippen LogP contribution in [0.4, 0.5) is 4.79 Å². The second kappa shape index (κ2) is 7.42. The minimum absolute atomic E-state index is 0.181. The average molecular weight is 323 g/mol. The highest BCUT2D eigenvalue weighted by Gasteiger charge is 2.23. The van der Waals surface area contributed by atoms with Crippen molar-refractivity contribution in [3.8, 4) is 0 Å². The first-order valence-electron chi connectivity index (χ1n) is 8.34. The Morgan fingerprint density at radius 3 is 2.73 bits per heavy atom. The molecule has 2 heterocycles. The summed E-state index contributed by atoms with van der Waals surface area (Å²) in [6.07, 6.45) is 5.15. The van der Waals surface area contributed by atoms with Crippen LogP contribution in [0.5, 0.6) is 0 Å². The number of rotatable bonds is 4. The van der Waals surface area contributed by atoms with E-state index >= 15 is 0 Å². The molecule has 1 aliphatic carbocycles. The van der Waals surface area contributed by atoms with Crippen molar-refractivity contribution in [3.05, 3.63) is 16.1 Å². The van der Waals surface area contributed by atoms with Gasteiger partial charge in [-0.3, -0.25) is 4.90 Å². The van der Waals surface area contributed by atoms with Gasteiger partial charge in [-0.25, -0.2) is 9.78 Å². The Balaban J connectivity index is 1.47. The lowest BCUT2D eigenvalue weighted by molar-refractivity contribution is 0.0775. The SMILES string of the molecule is CCOC(=O)N1CCN(Cc2csc(C3CCCC3)n2)CC1. The summed E-state index contributed by atoms with van der Waals surface area (Å²) in [6, 6.07) is 0. The molecule has 0 atom stereocenters. The zero-order valence-electron chi connectivity index (χ0n) is 13.3. The Labute approximate surface area is 136 Å². The quantitative estimate of drug-likeness (QED) is 0.854. The second-order valence-corrected chi connectivity index (χ2v) is 7.01. The number of hydrogen-bond donors (Lipinski definition) is 0. The smallest absolute Gasteiger partial charge is 0.409 e. The molecule has 0 aromatic carbocycles. The fraction of sp³-hybridized carbons (Fsp3) is 0.750. The van der Waals surface area contributed by atoms with Crippen molar-refractivity contribution in [3.63, 3.8) is 0 Å². The Kier molecular flexibility index (Phi) is 5.31. The molecule has 0 spiro atoms. The maximum Gasteiger partial charge on any atom is 0.409 e. The van der Waals surface area contributed by atoms with Gasteiger partial charge in [0.15, 0.2) is 0 Å². The Bertz CT molecular complexity index is 491. The third-order valence-electron chi connectivity index (χ3n) is 4.56. The van der Waals surface area contributed by atoms with Crippen LogP contribution in [0.1, 0.15) is 49.2 Å². The van der Waals surface area contributed by atoms with Gasteiger partial charge in [0.2, 0.25) is 0 Å².